The van der Waals surface area contributed by atoms with Gasteiger partial charge in [0.2, 0.25) is 0 Å². The molecule has 0 saturated carbocycles. The summed E-state index contributed by atoms with van der Waals surface area (Å²) in [5.41, 5.74) is 2.28. The van der Waals surface area contributed by atoms with Crippen molar-refractivity contribution in [1.82, 2.24) is 10.2 Å². The van der Waals surface area contributed by atoms with Crippen LogP contribution >= 0.6 is 0 Å². The fourth-order valence-corrected chi connectivity index (χ4v) is 4.74. The molecule has 1 fully saturated rings. The van der Waals surface area contributed by atoms with Crippen LogP contribution in [-0.4, -0.2) is 48.8 Å². The molecule has 2 aliphatic heterocycles. The lowest BCUT2D eigenvalue weighted by atomic mass is 9.78. The van der Waals surface area contributed by atoms with Crippen molar-refractivity contribution in [3.05, 3.63) is 59.2 Å². The molecular formula is C27H34N2O5. The Morgan fingerprint density at radius 2 is 1.82 bits per heavy atom. The monoisotopic (exact) mass is 466 g/mol. The number of piperidine rings is 1. The van der Waals surface area contributed by atoms with Crippen molar-refractivity contribution in [2.45, 2.75) is 58.2 Å². The molecule has 34 heavy (non-hydrogen) atoms. The zero-order valence-electron chi connectivity index (χ0n) is 20.6. The highest BCUT2D eigenvalue weighted by Crippen LogP contribution is 2.38. The third-order valence-corrected chi connectivity index (χ3v) is 6.53. The van der Waals surface area contributed by atoms with Gasteiger partial charge in [-0.3, -0.25) is 4.79 Å². The third-order valence-electron chi connectivity index (χ3n) is 6.53. The topological polar surface area (TPSA) is 77.1 Å². The number of hydrogen-bond donors (Lipinski definition) is 1. The Balaban J connectivity index is 1.55. The smallest absolute Gasteiger partial charge is 0.410 e. The van der Waals surface area contributed by atoms with Gasteiger partial charge in [0.1, 0.15) is 17.1 Å². The van der Waals surface area contributed by atoms with Crippen LogP contribution in [0.2, 0.25) is 0 Å². The van der Waals surface area contributed by atoms with E-state index in [1.807, 2.05) is 49.9 Å². The van der Waals surface area contributed by atoms with E-state index in [1.165, 1.54) is 5.56 Å². The van der Waals surface area contributed by atoms with Gasteiger partial charge in [0, 0.05) is 30.6 Å². The number of likely N-dealkylation sites (tertiary alicyclic amines) is 1. The van der Waals surface area contributed by atoms with Crippen molar-refractivity contribution in [2.24, 2.45) is 5.92 Å². The Kier molecular flexibility index (Phi) is 6.73. The number of benzene rings is 2. The Hall–Kier alpha value is -3.22. The fraction of sp³-hybridized carbons (Fsp3) is 0.481. The lowest BCUT2D eigenvalue weighted by Crippen LogP contribution is -2.51. The molecule has 3 atom stereocenters. The van der Waals surface area contributed by atoms with Gasteiger partial charge in [-0.15, -0.1) is 0 Å². The molecule has 0 bridgehead atoms. The number of carbonyl (C=O) groups is 2. The zero-order valence-corrected chi connectivity index (χ0v) is 20.6. The highest BCUT2D eigenvalue weighted by atomic mass is 16.6. The average Bonchev–Trinajstić information content (AvgIpc) is 3.17. The summed E-state index contributed by atoms with van der Waals surface area (Å²) >= 11 is 0. The van der Waals surface area contributed by atoms with Crippen LogP contribution < -0.4 is 14.8 Å². The number of fused-ring (bicyclic) bond motifs is 1. The summed E-state index contributed by atoms with van der Waals surface area (Å²) in [6, 6.07) is 13.8. The second-order valence-electron chi connectivity index (χ2n) is 10.2. The van der Waals surface area contributed by atoms with Gasteiger partial charge in [-0.2, -0.15) is 0 Å². The average molecular weight is 467 g/mol. The normalized spacial score (nSPS) is 22.1. The van der Waals surface area contributed by atoms with Crippen molar-refractivity contribution in [1.29, 1.82) is 0 Å². The second kappa shape index (κ2) is 9.57. The molecule has 0 aliphatic carbocycles. The van der Waals surface area contributed by atoms with Gasteiger partial charge in [0.15, 0.2) is 0 Å². The minimum Gasteiger partial charge on any atom is -0.497 e. The van der Waals surface area contributed by atoms with Gasteiger partial charge in [-0.1, -0.05) is 18.2 Å². The highest BCUT2D eigenvalue weighted by molar-refractivity contribution is 5.98. The summed E-state index contributed by atoms with van der Waals surface area (Å²) in [4.78, 5) is 26.8. The molecule has 7 nitrogen and oxygen atoms in total. The van der Waals surface area contributed by atoms with E-state index in [0.717, 1.165) is 17.7 Å². The predicted octanol–water partition coefficient (Wildman–Crippen LogP) is 4.75. The van der Waals surface area contributed by atoms with Gasteiger partial charge in [-0.25, -0.2) is 4.79 Å². The van der Waals surface area contributed by atoms with E-state index in [1.54, 1.807) is 13.2 Å². The molecule has 2 aromatic carbocycles. The van der Waals surface area contributed by atoms with Crippen molar-refractivity contribution in [3.8, 4) is 11.5 Å². The fourth-order valence-electron chi connectivity index (χ4n) is 4.74. The van der Waals surface area contributed by atoms with Crippen molar-refractivity contribution in [2.75, 3.05) is 20.3 Å². The molecule has 2 amide bonds. The minimum absolute atomic E-state index is 0.0295. The maximum atomic E-state index is 12.9. The van der Waals surface area contributed by atoms with Crippen LogP contribution in [0, 0.1) is 5.92 Å². The van der Waals surface area contributed by atoms with Crippen LogP contribution in [0.1, 0.15) is 61.5 Å². The maximum absolute atomic E-state index is 12.9. The molecule has 2 heterocycles. The zero-order chi connectivity index (χ0) is 24.5. The number of rotatable bonds is 5. The lowest BCUT2D eigenvalue weighted by molar-refractivity contribution is -0.00186. The Morgan fingerprint density at radius 3 is 2.50 bits per heavy atom. The maximum Gasteiger partial charge on any atom is 0.410 e. The number of hydrogen-bond acceptors (Lipinski definition) is 5. The molecule has 4 rings (SSSR count). The van der Waals surface area contributed by atoms with E-state index in [2.05, 4.69) is 24.4 Å². The van der Waals surface area contributed by atoms with E-state index in [0.29, 0.717) is 31.0 Å². The molecule has 182 valence electrons. The number of methoxy groups -OCH3 is 1. The van der Waals surface area contributed by atoms with Gasteiger partial charge in [-0.05, 0) is 75.4 Å². The molecule has 1 saturated heterocycles. The first-order valence-electron chi connectivity index (χ1n) is 11.8. The third kappa shape index (κ3) is 5.29. The molecule has 0 spiro atoms. The predicted molar refractivity (Wildman–Crippen MR) is 129 cm³/mol. The van der Waals surface area contributed by atoms with Crippen LogP contribution in [0.3, 0.4) is 0 Å². The number of nitrogens with zero attached hydrogens (tertiary/aromatic N) is 1. The first-order valence-corrected chi connectivity index (χ1v) is 11.8. The molecular weight excluding hydrogens is 432 g/mol. The van der Waals surface area contributed by atoms with Gasteiger partial charge < -0.3 is 24.4 Å². The molecule has 7 heteroatoms. The number of amides is 2. The standard InChI is InChI=1S/C27H34N2O5/c1-17-12-23(18-6-9-21(32-5)10-7-18)20(15-29(17)26(31)34-27(2,3)4)16-33-22-11-8-19-14-28-25(30)24(19)13-22/h6-11,13,17,20,23H,12,14-16H2,1-5H3,(H,28,30)/t17-,20+,23+/m1/s1. The molecule has 0 aromatic heterocycles. The molecule has 1 N–H and O–H groups in total. The molecule has 2 aliphatic rings. The van der Waals surface area contributed by atoms with Gasteiger partial charge >= 0.3 is 6.09 Å². The lowest BCUT2D eigenvalue weighted by Gasteiger charge is -2.43. The van der Waals surface area contributed by atoms with E-state index in [9.17, 15) is 9.59 Å². The number of nitrogens with one attached hydrogen (secondary N) is 1. The Morgan fingerprint density at radius 1 is 1.12 bits per heavy atom. The quantitative estimate of drug-likeness (QED) is 0.688. The summed E-state index contributed by atoms with van der Waals surface area (Å²) < 4.78 is 17.2. The van der Waals surface area contributed by atoms with E-state index in [4.69, 9.17) is 14.2 Å². The van der Waals surface area contributed by atoms with Crippen LogP contribution in [0.25, 0.3) is 0 Å². The van der Waals surface area contributed by atoms with Crippen LogP contribution in [0.15, 0.2) is 42.5 Å². The summed E-state index contributed by atoms with van der Waals surface area (Å²) in [5, 5.41) is 2.83. The SMILES string of the molecule is COc1ccc([C@@H]2C[C@@H](C)N(C(=O)OC(C)(C)C)C[C@H]2COc2ccc3c(c2)C(=O)NC3)cc1. The van der Waals surface area contributed by atoms with E-state index in [-0.39, 0.29) is 29.9 Å². The Labute approximate surface area is 201 Å². The van der Waals surface area contributed by atoms with Gasteiger partial charge in [0.05, 0.1) is 13.7 Å². The largest absolute Gasteiger partial charge is 0.497 e. The van der Waals surface area contributed by atoms with Crippen LogP contribution in [0.4, 0.5) is 4.79 Å². The van der Waals surface area contributed by atoms with Crippen molar-refractivity contribution >= 4 is 12.0 Å². The molecule has 2 aromatic rings. The summed E-state index contributed by atoms with van der Waals surface area (Å²) in [6.07, 6.45) is 0.499. The van der Waals surface area contributed by atoms with E-state index < -0.39 is 5.60 Å². The number of carbonyl (C=O) groups excluding carboxylic acids is 2. The first-order chi connectivity index (χ1) is 16.1. The highest BCUT2D eigenvalue weighted by Gasteiger charge is 2.38. The molecule has 0 unspecified atom stereocenters. The number of ether oxygens (including phenoxy) is 3. The van der Waals surface area contributed by atoms with Crippen molar-refractivity contribution < 1.29 is 23.8 Å². The van der Waals surface area contributed by atoms with Crippen molar-refractivity contribution in [3.63, 3.8) is 0 Å². The van der Waals surface area contributed by atoms with Crippen LogP contribution in [-0.2, 0) is 11.3 Å². The second-order valence-corrected chi connectivity index (χ2v) is 10.2. The van der Waals surface area contributed by atoms with Crippen LogP contribution in [0.5, 0.6) is 11.5 Å². The minimum atomic E-state index is -0.555. The summed E-state index contributed by atoms with van der Waals surface area (Å²) in [7, 11) is 1.66. The Bertz CT molecular complexity index is 1040. The summed E-state index contributed by atoms with van der Waals surface area (Å²) in [5.74, 6) is 1.66. The molecule has 0 radical (unpaired) electrons. The van der Waals surface area contributed by atoms with Gasteiger partial charge in [0.25, 0.3) is 5.91 Å². The van der Waals surface area contributed by atoms with E-state index >= 15 is 0 Å². The summed E-state index contributed by atoms with van der Waals surface area (Å²) in [6.45, 7) is 9.20. The first kappa shape index (κ1) is 23.9.